The molecule has 0 aliphatic rings. The summed E-state index contributed by atoms with van der Waals surface area (Å²) < 4.78 is 0. The van der Waals surface area contributed by atoms with E-state index in [1.807, 2.05) is 0 Å². The molecule has 0 fully saturated rings. The van der Waals surface area contributed by atoms with Crippen molar-refractivity contribution in [1.82, 2.24) is 0 Å². The highest BCUT2D eigenvalue weighted by Crippen LogP contribution is 1.68. The molecule has 0 aromatic carbocycles. The van der Waals surface area contributed by atoms with Crippen LogP contribution in [-0.4, -0.2) is 13.1 Å². The van der Waals surface area contributed by atoms with E-state index in [1.165, 1.54) is 0 Å². The van der Waals surface area contributed by atoms with E-state index in [0.717, 1.165) is 6.42 Å². The van der Waals surface area contributed by atoms with Gasteiger partial charge in [0.25, 0.3) is 0 Å². The van der Waals surface area contributed by atoms with Crippen LogP contribution in [0.3, 0.4) is 0 Å². The van der Waals surface area contributed by atoms with Gasteiger partial charge in [0.05, 0.1) is 0 Å². The first-order valence-corrected chi connectivity index (χ1v) is 1.76. The topological polar surface area (TPSA) is 49.8 Å². The van der Waals surface area contributed by atoms with E-state index >= 15 is 0 Å². The number of nitrogens with one attached hydrogen (secondary N) is 1. The quantitative estimate of drug-likeness (QED) is 0.505. The second-order valence-electron chi connectivity index (χ2n) is 0.892. The minimum atomic E-state index is 0.469. The van der Waals surface area contributed by atoms with Crippen molar-refractivity contribution < 1.29 is 0 Å². The fourth-order valence-electron chi connectivity index (χ4n) is 0.102. The van der Waals surface area contributed by atoms with Gasteiger partial charge in [-0.15, -0.1) is 6.54 Å². The third-order valence-corrected chi connectivity index (χ3v) is 0.381. The molecule has 0 aliphatic carbocycles. The van der Waals surface area contributed by atoms with Crippen LogP contribution in [0.1, 0.15) is 6.42 Å². The summed E-state index contributed by atoms with van der Waals surface area (Å²) in [5.41, 5.74) is 11.5. The van der Waals surface area contributed by atoms with Gasteiger partial charge in [-0.3, -0.25) is 0 Å². The van der Waals surface area contributed by atoms with E-state index < -0.39 is 0 Å². The normalized spacial score (nSPS) is 8.40. The van der Waals surface area contributed by atoms with E-state index in [-0.39, 0.29) is 0 Å². The van der Waals surface area contributed by atoms with Crippen LogP contribution >= 0.6 is 0 Å². The molecule has 0 aliphatic heterocycles. The molecule has 0 saturated heterocycles. The molecule has 0 spiro atoms. The van der Waals surface area contributed by atoms with Crippen molar-refractivity contribution in [3.8, 4) is 0 Å². The minimum Gasteiger partial charge on any atom is -0.677 e. The molecular weight excluding hydrogens is 64.0 g/mol. The monoisotopic (exact) mass is 73.1 g/mol. The lowest BCUT2D eigenvalue weighted by Gasteiger charge is -1.91. The molecule has 0 radical (unpaired) electrons. The highest BCUT2D eigenvalue weighted by Gasteiger charge is 1.61. The summed E-state index contributed by atoms with van der Waals surface area (Å²) in [6, 6.07) is 0. The third-order valence-electron chi connectivity index (χ3n) is 0.381. The summed E-state index contributed by atoms with van der Waals surface area (Å²) in [6.45, 7) is 1.12. The van der Waals surface area contributed by atoms with E-state index in [9.17, 15) is 0 Å². The predicted molar refractivity (Wildman–Crippen MR) is 22.9 cm³/mol. The molecule has 0 bridgehead atoms. The second-order valence-corrected chi connectivity index (χ2v) is 0.892. The number of rotatable bonds is 2. The van der Waals surface area contributed by atoms with E-state index in [4.69, 9.17) is 11.5 Å². The van der Waals surface area contributed by atoms with Gasteiger partial charge in [-0.05, 0) is 6.54 Å². The Labute approximate surface area is 32.1 Å². The Bertz CT molecular complexity index is 12.4. The Kier molecular flexibility index (Phi) is 3.86. The predicted octanol–water partition coefficient (Wildman–Crippen LogP) is 0.387. The molecule has 32 valence electrons. The maximum atomic E-state index is 6.52. The van der Waals surface area contributed by atoms with Crippen molar-refractivity contribution in [2.45, 2.75) is 6.42 Å². The molecule has 2 heteroatoms. The smallest absolute Gasteiger partial charge is 0.00937 e. The van der Waals surface area contributed by atoms with Crippen molar-refractivity contribution in [3.05, 3.63) is 5.73 Å². The van der Waals surface area contributed by atoms with Crippen LogP contribution in [0.4, 0.5) is 0 Å². The molecular formula is C3H9N2-. The van der Waals surface area contributed by atoms with E-state index in [2.05, 4.69) is 0 Å². The molecule has 0 aromatic heterocycles. The lowest BCUT2D eigenvalue weighted by molar-refractivity contribution is 0.907. The Balaban J connectivity index is 2.19. The van der Waals surface area contributed by atoms with Gasteiger partial charge in [0.2, 0.25) is 0 Å². The number of hydrogen-bond acceptors (Lipinski definition) is 1. The molecule has 0 amide bonds. The van der Waals surface area contributed by atoms with Gasteiger partial charge < -0.3 is 11.5 Å². The summed E-state index contributed by atoms with van der Waals surface area (Å²) in [4.78, 5) is 0. The van der Waals surface area contributed by atoms with Gasteiger partial charge in [0, 0.05) is 0 Å². The van der Waals surface area contributed by atoms with E-state index in [1.54, 1.807) is 0 Å². The zero-order valence-corrected chi connectivity index (χ0v) is 3.20. The van der Waals surface area contributed by atoms with E-state index in [0.29, 0.717) is 13.1 Å². The van der Waals surface area contributed by atoms with Gasteiger partial charge in [-0.25, -0.2) is 0 Å². The average Bonchev–Trinajstić information content (AvgIpc) is 1.41. The zero-order chi connectivity index (χ0) is 4.12. The van der Waals surface area contributed by atoms with Crippen molar-refractivity contribution in [1.29, 1.82) is 0 Å². The first-order chi connectivity index (χ1) is 2.41. The summed E-state index contributed by atoms with van der Waals surface area (Å²) in [5, 5.41) is 0. The summed E-state index contributed by atoms with van der Waals surface area (Å²) in [5.74, 6) is 0. The van der Waals surface area contributed by atoms with Crippen molar-refractivity contribution in [2.75, 3.05) is 13.1 Å². The van der Waals surface area contributed by atoms with Crippen LogP contribution in [0.15, 0.2) is 0 Å². The molecule has 0 atom stereocenters. The summed E-state index contributed by atoms with van der Waals surface area (Å²) in [6.07, 6.45) is 0.833. The van der Waals surface area contributed by atoms with Crippen LogP contribution < -0.4 is 5.73 Å². The largest absolute Gasteiger partial charge is 0.677 e. The van der Waals surface area contributed by atoms with Crippen molar-refractivity contribution >= 4 is 0 Å². The Morgan fingerprint density at radius 1 is 1.60 bits per heavy atom. The fraction of sp³-hybridized carbons (Fsp3) is 1.00. The van der Waals surface area contributed by atoms with Gasteiger partial charge in [-0.1, -0.05) is 6.42 Å². The molecule has 5 heavy (non-hydrogen) atoms. The third kappa shape index (κ3) is 3.92. The maximum absolute atomic E-state index is 6.52. The molecule has 0 saturated carbocycles. The van der Waals surface area contributed by atoms with Crippen LogP contribution in [0, 0.1) is 0 Å². The first kappa shape index (κ1) is 4.92. The zero-order valence-electron chi connectivity index (χ0n) is 3.20. The number of hydrogen-bond donors (Lipinski definition) is 1. The molecule has 0 heterocycles. The van der Waals surface area contributed by atoms with Crippen LogP contribution in [0.2, 0.25) is 0 Å². The van der Waals surface area contributed by atoms with Crippen LogP contribution in [0.25, 0.3) is 5.73 Å². The van der Waals surface area contributed by atoms with Crippen molar-refractivity contribution in [3.63, 3.8) is 0 Å². The SMILES string of the molecule is [NH-]CCCN. The fourth-order valence-corrected chi connectivity index (χ4v) is 0.102. The van der Waals surface area contributed by atoms with Gasteiger partial charge in [0.15, 0.2) is 0 Å². The minimum absolute atomic E-state index is 0.469. The highest BCUT2D eigenvalue weighted by atomic mass is 14.6. The Morgan fingerprint density at radius 3 is 2.20 bits per heavy atom. The maximum Gasteiger partial charge on any atom is -0.00937 e. The van der Waals surface area contributed by atoms with Gasteiger partial charge in [-0.2, -0.15) is 0 Å². The molecule has 0 rings (SSSR count). The highest BCUT2D eigenvalue weighted by molar-refractivity contribution is 4.48. The van der Waals surface area contributed by atoms with Gasteiger partial charge in [0.1, 0.15) is 0 Å². The molecule has 0 unspecified atom stereocenters. The molecule has 2 nitrogen and oxygen atoms in total. The van der Waals surface area contributed by atoms with Crippen LogP contribution in [0.5, 0.6) is 0 Å². The Hall–Kier alpha value is -0.0800. The molecule has 0 aromatic rings. The molecule has 3 N–H and O–H groups in total. The van der Waals surface area contributed by atoms with Crippen LogP contribution in [-0.2, 0) is 0 Å². The number of nitrogens with two attached hydrogens (primary N) is 1. The van der Waals surface area contributed by atoms with Crippen molar-refractivity contribution in [2.24, 2.45) is 5.73 Å². The van der Waals surface area contributed by atoms with Gasteiger partial charge >= 0.3 is 0 Å². The first-order valence-electron chi connectivity index (χ1n) is 1.76. The lowest BCUT2D eigenvalue weighted by atomic mass is 10.4. The lowest BCUT2D eigenvalue weighted by Crippen LogP contribution is -1.98. The second kappa shape index (κ2) is 3.92. The Morgan fingerprint density at radius 2 is 2.20 bits per heavy atom. The standard InChI is InChI=1S/C3H9N2/c4-2-1-3-5/h4H,1-3,5H2/q-1. The average molecular weight is 73.1 g/mol. The summed E-state index contributed by atoms with van der Waals surface area (Å²) in [7, 11) is 0. The summed E-state index contributed by atoms with van der Waals surface area (Å²) >= 11 is 0.